The Morgan fingerprint density at radius 3 is 2.72 bits per heavy atom. The van der Waals surface area contributed by atoms with Crippen LogP contribution in [0.1, 0.15) is 42.6 Å². The number of carbonyl (C=O) groups is 2. The van der Waals surface area contributed by atoms with Gasteiger partial charge in [0.15, 0.2) is 0 Å². The van der Waals surface area contributed by atoms with Gasteiger partial charge >= 0.3 is 5.97 Å². The Labute approximate surface area is 155 Å². The topological polar surface area (TPSA) is 79.3 Å². The zero-order valence-electron chi connectivity index (χ0n) is 13.6. The standard InChI is InChI=1S/C18H19ClN2O3S/c19-13-8-4-7-12(9-13)17-20-14(10-25-17)16(22)21-15(18(23)24)11-5-2-1-3-6-11/h4,7-11,15H,1-3,5-6H2,(H,21,22)(H,23,24). The Balaban J connectivity index is 1.73. The SMILES string of the molecule is O=C(NC(C(=O)O)C1CCCCC1)c1csc(-c2cccc(Cl)c2)n1. The highest BCUT2D eigenvalue weighted by molar-refractivity contribution is 7.13. The van der Waals surface area contributed by atoms with Gasteiger partial charge in [-0.1, -0.05) is 43.0 Å². The summed E-state index contributed by atoms with van der Waals surface area (Å²) in [6, 6.07) is 6.39. The van der Waals surface area contributed by atoms with Crippen LogP contribution in [0, 0.1) is 5.92 Å². The summed E-state index contributed by atoms with van der Waals surface area (Å²) in [6.07, 6.45) is 4.83. The molecule has 7 heteroatoms. The predicted molar refractivity (Wildman–Crippen MR) is 98.0 cm³/mol. The number of amides is 1. The number of aromatic nitrogens is 1. The number of nitrogens with one attached hydrogen (secondary N) is 1. The number of rotatable bonds is 5. The first-order valence-corrected chi connectivity index (χ1v) is 9.55. The molecule has 1 aromatic heterocycles. The summed E-state index contributed by atoms with van der Waals surface area (Å²) in [5, 5.41) is 15.1. The molecule has 1 saturated carbocycles. The molecule has 1 amide bonds. The molecule has 1 unspecified atom stereocenters. The highest BCUT2D eigenvalue weighted by Gasteiger charge is 2.31. The van der Waals surface area contributed by atoms with Gasteiger partial charge < -0.3 is 10.4 Å². The summed E-state index contributed by atoms with van der Waals surface area (Å²) in [4.78, 5) is 28.4. The molecule has 132 valence electrons. The van der Waals surface area contributed by atoms with E-state index in [-0.39, 0.29) is 11.6 Å². The first-order chi connectivity index (χ1) is 12.0. The molecule has 0 spiro atoms. The largest absolute Gasteiger partial charge is 0.480 e. The first-order valence-electron chi connectivity index (χ1n) is 8.30. The molecule has 0 radical (unpaired) electrons. The molecule has 0 bridgehead atoms. The molecule has 1 heterocycles. The number of carbonyl (C=O) groups excluding carboxylic acids is 1. The normalized spacial score (nSPS) is 16.4. The highest BCUT2D eigenvalue weighted by Crippen LogP contribution is 2.28. The van der Waals surface area contributed by atoms with E-state index in [1.807, 2.05) is 12.1 Å². The zero-order valence-corrected chi connectivity index (χ0v) is 15.1. The number of hydrogen-bond acceptors (Lipinski definition) is 4. The highest BCUT2D eigenvalue weighted by atomic mass is 35.5. The summed E-state index contributed by atoms with van der Waals surface area (Å²) in [6.45, 7) is 0. The molecule has 1 aliphatic rings. The van der Waals surface area contributed by atoms with Crippen LogP contribution in [0.2, 0.25) is 5.02 Å². The lowest BCUT2D eigenvalue weighted by atomic mass is 9.84. The molecular weight excluding hydrogens is 360 g/mol. The van der Waals surface area contributed by atoms with E-state index in [2.05, 4.69) is 10.3 Å². The number of nitrogens with zero attached hydrogens (tertiary/aromatic N) is 1. The van der Waals surface area contributed by atoms with Gasteiger partial charge in [-0.3, -0.25) is 4.79 Å². The fourth-order valence-electron chi connectivity index (χ4n) is 3.20. The fraction of sp³-hybridized carbons (Fsp3) is 0.389. The second kappa shape index (κ2) is 7.97. The third kappa shape index (κ3) is 4.38. The summed E-state index contributed by atoms with van der Waals surface area (Å²) in [7, 11) is 0. The van der Waals surface area contributed by atoms with Crippen LogP contribution >= 0.6 is 22.9 Å². The van der Waals surface area contributed by atoms with E-state index < -0.39 is 17.9 Å². The van der Waals surface area contributed by atoms with Gasteiger partial charge in [-0.25, -0.2) is 9.78 Å². The van der Waals surface area contributed by atoms with Crippen molar-refractivity contribution in [2.24, 2.45) is 5.92 Å². The molecule has 1 aromatic carbocycles. The summed E-state index contributed by atoms with van der Waals surface area (Å²) < 4.78 is 0. The molecule has 1 atom stereocenters. The monoisotopic (exact) mass is 378 g/mol. The first kappa shape index (κ1) is 17.9. The zero-order chi connectivity index (χ0) is 17.8. The smallest absolute Gasteiger partial charge is 0.326 e. The van der Waals surface area contributed by atoms with Crippen molar-refractivity contribution >= 4 is 34.8 Å². The van der Waals surface area contributed by atoms with Crippen LogP contribution in [-0.2, 0) is 4.79 Å². The lowest BCUT2D eigenvalue weighted by Crippen LogP contribution is -2.46. The van der Waals surface area contributed by atoms with Crippen LogP contribution in [0.25, 0.3) is 10.6 Å². The summed E-state index contributed by atoms with van der Waals surface area (Å²) in [5.74, 6) is -1.44. The van der Waals surface area contributed by atoms with Crippen molar-refractivity contribution in [3.63, 3.8) is 0 Å². The lowest BCUT2D eigenvalue weighted by Gasteiger charge is -2.27. The third-order valence-electron chi connectivity index (χ3n) is 4.48. The molecule has 2 N–H and O–H groups in total. The Morgan fingerprint density at radius 1 is 1.28 bits per heavy atom. The van der Waals surface area contributed by atoms with E-state index in [9.17, 15) is 14.7 Å². The van der Waals surface area contributed by atoms with E-state index in [1.54, 1.807) is 17.5 Å². The maximum atomic E-state index is 12.5. The molecule has 5 nitrogen and oxygen atoms in total. The molecule has 0 saturated heterocycles. The molecule has 3 rings (SSSR count). The molecule has 0 aliphatic heterocycles. The van der Waals surface area contributed by atoms with E-state index in [1.165, 1.54) is 11.3 Å². The van der Waals surface area contributed by atoms with Crippen molar-refractivity contribution < 1.29 is 14.7 Å². The van der Waals surface area contributed by atoms with Crippen LogP contribution in [-0.4, -0.2) is 28.0 Å². The van der Waals surface area contributed by atoms with Crippen LogP contribution < -0.4 is 5.32 Å². The quantitative estimate of drug-likeness (QED) is 0.816. The van der Waals surface area contributed by atoms with Crippen LogP contribution in [0.3, 0.4) is 0 Å². The van der Waals surface area contributed by atoms with Gasteiger partial charge in [-0.15, -0.1) is 11.3 Å². The minimum atomic E-state index is -0.981. The average molecular weight is 379 g/mol. The number of thiazole rings is 1. The van der Waals surface area contributed by atoms with Gasteiger partial charge in [0.1, 0.15) is 16.7 Å². The number of carboxylic acid groups (broad SMARTS) is 1. The number of benzene rings is 1. The molecule has 1 aliphatic carbocycles. The Hall–Kier alpha value is -1.92. The van der Waals surface area contributed by atoms with Crippen LogP contribution in [0.4, 0.5) is 0 Å². The summed E-state index contributed by atoms with van der Waals surface area (Å²) >= 11 is 7.32. The van der Waals surface area contributed by atoms with Gasteiger partial charge in [0.2, 0.25) is 0 Å². The Bertz CT molecular complexity index is 771. The van der Waals surface area contributed by atoms with Gasteiger partial charge in [0, 0.05) is 16.0 Å². The van der Waals surface area contributed by atoms with Crippen molar-refractivity contribution in [1.29, 1.82) is 0 Å². The second-order valence-corrected chi connectivity index (χ2v) is 7.53. The van der Waals surface area contributed by atoms with Crippen molar-refractivity contribution in [2.75, 3.05) is 0 Å². The Morgan fingerprint density at radius 2 is 2.04 bits per heavy atom. The van der Waals surface area contributed by atoms with Gasteiger partial charge in [0.05, 0.1) is 0 Å². The van der Waals surface area contributed by atoms with Crippen molar-refractivity contribution in [1.82, 2.24) is 10.3 Å². The van der Waals surface area contributed by atoms with Crippen LogP contribution in [0.5, 0.6) is 0 Å². The minimum absolute atomic E-state index is 0.0127. The van der Waals surface area contributed by atoms with E-state index in [4.69, 9.17) is 11.6 Å². The fourth-order valence-corrected chi connectivity index (χ4v) is 4.18. The number of hydrogen-bond donors (Lipinski definition) is 2. The average Bonchev–Trinajstić information content (AvgIpc) is 3.10. The van der Waals surface area contributed by atoms with Crippen molar-refractivity contribution in [3.05, 3.63) is 40.4 Å². The number of carboxylic acids is 1. The minimum Gasteiger partial charge on any atom is -0.480 e. The molecule has 1 fully saturated rings. The van der Waals surface area contributed by atoms with Crippen molar-refractivity contribution in [2.45, 2.75) is 38.1 Å². The molecular formula is C18H19ClN2O3S. The lowest BCUT2D eigenvalue weighted by molar-refractivity contribution is -0.141. The van der Waals surface area contributed by atoms with Gasteiger partial charge in [0.25, 0.3) is 5.91 Å². The maximum Gasteiger partial charge on any atom is 0.326 e. The van der Waals surface area contributed by atoms with E-state index >= 15 is 0 Å². The van der Waals surface area contributed by atoms with Crippen molar-refractivity contribution in [3.8, 4) is 10.6 Å². The maximum absolute atomic E-state index is 12.5. The Kier molecular flexibility index (Phi) is 5.71. The third-order valence-corrected chi connectivity index (χ3v) is 5.61. The number of halogens is 1. The summed E-state index contributed by atoms with van der Waals surface area (Å²) in [5.41, 5.74) is 1.07. The molecule has 25 heavy (non-hydrogen) atoms. The predicted octanol–water partition coefficient (Wildman–Crippen LogP) is 4.23. The number of aliphatic carboxylic acids is 1. The second-order valence-electron chi connectivity index (χ2n) is 6.24. The van der Waals surface area contributed by atoms with Gasteiger partial charge in [-0.2, -0.15) is 0 Å². The van der Waals surface area contributed by atoms with E-state index in [0.717, 1.165) is 37.7 Å². The molecule has 2 aromatic rings. The van der Waals surface area contributed by atoms with Crippen LogP contribution in [0.15, 0.2) is 29.6 Å². The van der Waals surface area contributed by atoms with E-state index in [0.29, 0.717) is 10.0 Å². The van der Waals surface area contributed by atoms with Gasteiger partial charge in [-0.05, 0) is 30.9 Å².